The van der Waals surface area contributed by atoms with Gasteiger partial charge in [0, 0.05) is 6.42 Å². The molecule has 0 bridgehead atoms. The second-order valence-corrected chi connectivity index (χ2v) is 4.28. The van der Waals surface area contributed by atoms with Crippen LogP contribution in [0.25, 0.3) is 0 Å². The van der Waals surface area contributed by atoms with Crippen molar-refractivity contribution in [3.63, 3.8) is 0 Å². The highest BCUT2D eigenvalue weighted by Crippen LogP contribution is 2.22. The van der Waals surface area contributed by atoms with Crippen LogP contribution in [0.4, 0.5) is 8.78 Å². The maximum Gasteiger partial charge on any atom is 0.320 e. The summed E-state index contributed by atoms with van der Waals surface area (Å²) in [5.41, 5.74) is 5.93. The second kappa shape index (κ2) is 5.23. The van der Waals surface area contributed by atoms with Crippen LogP contribution in [-0.4, -0.2) is 17.1 Å². The van der Waals surface area contributed by atoms with Crippen LogP contribution < -0.4 is 5.73 Å². The number of rotatable bonds is 4. The van der Waals surface area contributed by atoms with E-state index in [2.05, 4.69) is 0 Å². The Bertz CT molecular complexity index is 433. The standard InChI is InChI=1S/C12H15F2NO2/c1-6(2)7-3-8(5-10(15)12(16)17)11(14)9(13)4-7/h3-4,6,10H,5,15H2,1-2H3,(H,16,17). The maximum atomic E-state index is 13.4. The molecule has 1 aromatic rings. The Hall–Kier alpha value is -1.49. The molecule has 0 saturated heterocycles. The number of halogens is 2. The van der Waals surface area contributed by atoms with Gasteiger partial charge in [0.25, 0.3) is 0 Å². The topological polar surface area (TPSA) is 63.3 Å². The highest BCUT2D eigenvalue weighted by Gasteiger charge is 2.18. The van der Waals surface area contributed by atoms with Gasteiger partial charge in [-0.3, -0.25) is 4.79 Å². The first-order valence-corrected chi connectivity index (χ1v) is 5.29. The van der Waals surface area contributed by atoms with Crippen LogP contribution in [0.3, 0.4) is 0 Å². The minimum absolute atomic E-state index is 0.00333. The van der Waals surface area contributed by atoms with Crippen molar-refractivity contribution in [1.82, 2.24) is 0 Å². The Balaban J connectivity index is 3.09. The molecule has 17 heavy (non-hydrogen) atoms. The van der Waals surface area contributed by atoms with Crippen LogP contribution in [0, 0.1) is 11.6 Å². The Morgan fingerprint density at radius 3 is 2.47 bits per heavy atom. The predicted octanol–water partition coefficient (Wildman–Crippen LogP) is 2.04. The molecule has 0 aliphatic rings. The highest BCUT2D eigenvalue weighted by atomic mass is 19.2. The molecular formula is C12H15F2NO2. The van der Waals surface area contributed by atoms with Gasteiger partial charge in [-0.05, 0) is 23.1 Å². The monoisotopic (exact) mass is 243 g/mol. The fraction of sp³-hybridized carbons (Fsp3) is 0.417. The van der Waals surface area contributed by atoms with Gasteiger partial charge in [0.15, 0.2) is 11.6 Å². The molecule has 0 saturated carbocycles. The second-order valence-electron chi connectivity index (χ2n) is 4.28. The van der Waals surface area contributed by atoms with Crippen LogP contribution in [0.1, 0.15) is 30.9 Å². The highest BCUT2D eigenvalue weighted by molar-refractivity contribution is 5.73. The van der Waals surface area contributed by atoms with E-state index < -0.39 is 23.6 Å². The van der Waals surface area contributed by atoms with Crippen molar-refractivity contribution in [2.45, 2.75) is 32.2 Å². The number of hydrogen-bond acceptors (Lipinski definition) is 2. The van der Waals surface area contributed by atoms with E-state index in [0.717, 1.165) is 6.07 Å². The zero-order valence-corrected chi connectivity index (χ0v) is 9.71. The summed E-state index contributed by atoms with van der Waals surface area (Å²) in [6.45, 7) is 3.68. The first kappa shape index (κ1) is 13.6. The molecule has 3 nitrogen and oxygen atoms in total. The Morgan fingerprint density at radius 1 is 1.41 bits per heavy atom. The van der Waals surface area contributed by atoms with E-state index in [1.54, 1.807) is 0 Å². The predicted molar refractivity (Wildman–Crippen MR) is 59.8 cm³/mol. The Kier molecular flexibility index (Phi) is 4.17. The van der Waals surface area contributed by atoms with E-state index in [0.29, 0.717) is 5.56 Å². The molecule has 0 heterocycles. The molecule has 0 radical (unpaired) electrons. The number of aliphatic carboxylic acids is 1. The lowest BCUT2D eigenvalue weighted by Crippen LogP contribution is -2.32. The third-order valence-electron chi connectivity index (χ3n) is 2.55. The summed E-state index contributed by atoms with van der Waals surface area (Å²) in [6.07, 6.45) is -0.224. The Morgan fingerprint density at radius 2 is 2.00 bits per heavy atom. The van der Waals surface area contributed by atoms with Gasteiger partial charge in [-0.1, -0.05) is 19.9 Å². The van der Waals surface area contributed by atoms with Gasteiger partial charge in [-0.15, -0.1) is 0 Å². The van der Waals surface area contributed by atoms with Crippen molar-refractivity contribution in [3.8, 4) is 0 Å². The molecule has 0 aromatic heterocycles. The average molecular weight is 243 g/mol. The lowest BCUT2D eigenvalue weighted by Gasteiger charge is -2.12. The molecule has 1 aromatic carbocycles. The molecule has 1 rings (SSSR count). The summed E-state index contributed by atoms with van der Waals surface area (Å²) in [7, 11) is 0. The van der Waals surface area contributed by atoms with Crippen LogP contribution in [-0.2, 0) is 11.2 Å². The van der Waals surface area contributed by atoms with Gasteiger partial charge >= 0.3 is 5.97 Å². The number of carboxylic acids is 1. The first-order valence-electron chi connectivity index (χ1n) is 5.29. The summed E-state index contributed by atoms with van der Waals surface area (Å²) < 4.78 is 26.7. The van der Waals surface area contributed by atoms with E-state index in [9.17, 15) is 13.6 Å². The van der Waals surface area contributed by atoms with Gasteiger partial charge < -0.3 is 10.8 Å². The molecule has 0 aliphatic carbocycles. The van der Waals surface area contributed by atoms with Gasteiger partial charge in [-0.25, -0.2) is 8.78 Å². The summed E-state index contributed by atoms with van der Waals surface area (Å²) in [6, 6.07) is 1.35. The van der Waals surface area contributed by atoms with Crippen molar-refractivity contribution in [3.05, 3.63) is 34.9 Å². The third kappa shape index (κ3) is 3.23. The summed E-state index contributed by atoms with van der Waals surface area (Å²) in [4.78, 5) is 10.6. The summed E-state index contributed by atoms with van der Waals surface area (Å²) in [5.74, 6) is -3.19. The third-order valence-corrected chi connectivity index (χ3v) is 2.55. The molecule has 5 heteroatoms. The number of hydrogen-bond donors (Lipinski definition) is 2. The average Bonchev–Trinajstić information content (AvgIpc) is 2.23. The van der Waals surface area contributed by atoms with Gasteiger partial charge in [0.1, 0.15) is 6.04 Å². The summed E-state index contributed by atoms with van der Waals surface area (Å²) >= 11 is 0. The molecular weight excluding hydrogens is 228 g/mol. The van der Waals surface area contributed by atoms with Crippen molar-refractivity contribution >= 4 is 5.97 Å². The molecule has 0 amide bonds. The number of carboxylic acid groups (broad SMARTS) is 1. The van der Waals surface area contributed by atoms with Crippen LogP contribution in [0.5, 0.6) is 0 Å². The van der Waals surface area contributed by atoms with Crippen molar-refractivity contribution in [1.29, 1.82) is 0 Å². The normalized spacial score (nSPS) is 12.8. The zero-order valence-electron chi connectivity index (χ0n) is 9.71. The number of carbonyl (C=O) groups is 1. The van der Waals surface area contributed by atoms with Crippen LogP contribution in [0.15, 0.2) is 12.1 Å². The van der Waals surface area contributed by atoms with E-state index in [4.69, 9.17) is 10.8 Å². The first-order chi connectivity index (χ1) is 7.82. The maximum absolute atomic E-state index is 13.4. The molecule has 1 unspecified atom stereocenters. The number of nitrogens with two attached hydrogens (primary N) is 1. The van der Waals surface area contributed by atoms with E-state index >= 15 is 0 Å². The molecule has 3 N–H and O–H groups in total. The zero-order chi connectivity index (χ0) is 13.2. The number of benzene rings is 1. The minimum atomic E-state index is -1.24. The van der Waals surface area contributed by atoms with Crippen LogP contribution in [0.2, 0.25) is 0 Å². The van der Waals surface area contributed by atoms with Crippen LogP contribution >= 0.6 is 0 Å². The Labute approximate surface area is 98.2 Å². The van der Waals surface area contributed by atoms with E-state index in [1.807, 2.05) is 13.8 Å². The molecule has 0 fully saturated rings. The van der Waals surface area contributed by atoms with Crippen molar-refractivity contribution in [2.75, 3.05) is 0 Å². The SMILES string of the molecule is CC(C)c1cc(F)c(F)c(CC(N)C(=O)O)c1. The van der Waals surface area contributed by atoms with E-state index in [1.165, 1.54) is 6.07 Å². The molecule has 0 spiro atoms. The molecule has 0 aliphatic heterocycles. The van der Waals surface area contributed by atoms with Gasteiger partial charge in [0.05, 0.1) is 0 Å². The van der Waals surface area contributed by atoms with Crippen molar-refractivity contribution < 1.29 is 18.7 Å². The fourth-order valence-electron chi connectivity index (χ4n) is 1.48. The molecule has 1 atom stereocenters. The summed E-state index contributed by atoms with van der Waals surface area (Å²) in [5, 5.41) is 8.64. The van der Waals surface area contributed by atoms with Gasteiger partial charge in [-0.2, -0.15) is 0 Å². The fourth-order valence-corrected chi connectivity index (χ4v) is 1.48. The largest absolute Gasteiger partial charge is 0.480 e. The quantitative estimate of drug-likeness (QED) is 0.850. The lowest BCUT2D eigenvalue weighted by molar-refractivity contribution is -0.138. The van der Waals surface area contributed by atoms with Crippen molar-refractivity contribution in [2.24, 2.45) is 5.73 Å². The minimum Gasteiger partial charge on any atom is -0.480 e. The molecule has 94 valence electrons. The smallest absolute Gasteiger partial charge is 0.320 e. The van der Waals surface area contributed by atoms with Gasteiger partial charge in [0.2, 0.25) is 0 Å². The van der Waals surface area contributed by atoms with E-state index in [-0.39, 0.29) is 17.9 Å². The lowest BCUT2D eigenvalue weighted by atomic mass is 9.97.